The molecular weight excluding hydrogens is 180 g/mol. The van der Waals surface area contributed by atoms with E-state index in [1.165, 1.54) is 18.4 Å². The van der Waals surface area contributed by atoms with Crippen molar-refractivity contribution >= 4 is 6.47 Å². The number of carbonyl (C=O) groups is 1. The number of hydrogen-bond donors (Lipinski definition) is 1. The van der Waals surface area contributed by atoms with Crippen molar-refractivity contribution in [3.05, 3.63) is 35.9 Å². The van der Waals surface area contributed by atoms with Gasteiger partial charge in [-0.2, -0.15) is 0 Å². The van der Waals surface area contributed by atoms with Crippen LogP contribution in [0.3, 0.4) is 0 Å². The van der Waals surface area contributed by atoms with Crippen molar-refractivity contribution in [1.29, 1.82) is 10.8 Å². The maximum atomic E-state index is 8.36. The summed E-state index contributed by atoms with van der Waals surface area (Å²) in [5, 5.41) is 18.9. The van der Waals surface area contributed by atoms with Gasteiger partial charge in [0.1, 0.15) is 0 Å². The third-order valence-corrected chi connectivity index (χ3v) is 1.38. The quantitative estimate of drug-likeness (QED) is 0.578. The fraction of sp³-hybridized carbons (Fsp3) is 0.300. The molecule has 4 nitrogen and oxygen atoms in total. The Morgan fingerprint density at radius 1 is 1.29 bits per heavy atom. The van der Waals surface area contributed by atoms with Gasteiger partial charge >= 0.3 is 0 Å². The summed E-state index contributed by atoms with van der Waals surface area (Å²) >= 11 is 0. The zero-order chi connectivity index (χ0) is 11.2. The molecule has 0 aliphatic heterocycles. The molecule has 0 amide bonds. The average Bonchev–Trinajstić information content (AvgIpc) is 2.24. The highest BCUT2D eigenvalue weighted by Crippen LogP contribution is 2.00. The van der Waals surface area contributed by atoms with Gasteiger partial charge in [0.25, 0.3) is 6.47 Å². The van der Waals surface area contributed by atoms with Gasteiger partial charge in [-0.25, -0.2) is 0 Å². The molecule has 76 valence electrons. The lowest BCUT2D eigenvalue weighted by Gasteiger charge is -1.93. The minimum atomic E-state index is -0.250. The summed E-state index contributed by atoms with van der Waals surface area (Å²) in [6.45, 7) is 1.95. The topological polar surface area (TPSA) is 84.9 Å². The minimum absolute atomic E-state index is 0.250. The van der Waals surface area contributed by atoms with E-state index in [-0.39, 0.29) is 6.47 Å². The normalized spacial score (nSPS) is 7.07. The monoisotopic (exact) mass is 194 g/mol. The maximum Gasteiger partial charge on any atom is 0.290 e. The summed E-state index contributed by atoms with van der Waals surface area (Å²) in [6.07, 6.45) is 2.45. The van der Waals surface area contributed by atoms with E-state index in [9.17, 15) is 0 Å². The maximum absolute atomic E-state index is 8.36. The van der Waals surface area contributed by atoms with Gasteiger partial charge < -0.3 is 5.11 Å². The molecule has 0 spiro atoms. The Kier molecular flexibility index (Phi) is 14.3. The Hall–Kier alpha value is -1.89. The van der Waals surface area contributed by atoms with Crippen LogP contribution in [0.1, 0.15) is 18.9 Å². The van der Waals surface area contributed by atoms with Crippen molar-refractivity contribution in [2.45, 2.75) is 19.8 Å². The summed E-state index contributed by atoms with van der Waals surface area (Å²) in [5.74, 6) is 0. The van der Waals surface area contributed by atoms with E-state index in [1.54, 1.807) is 0 Å². The van der Waals surface area contributed by atoms with E-state index in [4.69, 9.17) is 20.7 Å². The lowest BCUT2D eigenvalue weighted by atomic mass is 10.1. The van der Waals surface area contributed by atoms with Gasteiger partial charge in [-0.1, -0.05) is 43.7 Å². The number of nitrogens with zero attached hydrogens (tertiary/aromatic N) is 2. The Bertz CT molecular complexity index is 234. The summed E-state index contributed by atoms with van der Waals surface area (Å²) in [6, 6.07) is 10.6. The van der Waals surface area contributed by atoms with Gasteiger partial charge in [-0.3, -0.25) is 4.79 Å². The van der Waals surface area contributed by atoms with Crippen LogP contribution in [0.2, 0.25) is 0 Å². The van der Waals surface area contributed by atoms with E-state index >= 15 is 0 Å². The third kappa shape index (κ3) is 10.1. The van der Waals surface area contributed by atoms with Gasteiger partial charge in [0.15, 0.2) is 0 Å². The van der Waals surface area contributed by atoms with E-state index in [1.807, 2.05) is 0 Å². The molecule has 0 unspecified atom stereocenters. The van der Waals surface area contributed by atoms with Crippen LogP contribution in [0.5, 0.6) is 0 Å². The molecule has 0 fully saturated rings. The molecule has 1 aromatic rings. The summed E-state index contributed by atoms with van der Waals surface area (Å²) in [5.41, 5.74) is 1.44. The lowest BCUT2D eigenvalue weighted by Crippen LogP contribution is -1.78. The molecule has 0 bridgehead atoms. The lowest BCUT2D eigenvalue weighted by molar-refractivity contribution is -0.122. The van der Waals surface area contributed by atoms with Crippen LogP contribution >= 0.6 is 0 Å². The first-order valence-electron chi connectivity index (χ1n) is 4.17. The predicted octanol–water partition coefficient (Wildman–Crippen LogP) is 2.37. The van der Waals surface area contributed by atoms with Gasteiger partial charge in [-0.05, 0) is 12.0 Å². The van der Waals surface area contributed by atoms with Crippen LogP contribution in [0.4, 0.5) is 0 Å². The van der Waals surface area contributed by atoms with Gasteiger partial charge in [0.2, 0.25) is 0 Å². The first-order valence-corrected chi connectivity index (χ1v) is 4.17. The van der Waals surface area contributed by atoms with E-state index < -0.39 is 0 Å². The van der Waals surface area contributed by atoms with Crippen LogP contribution in [0.15, 0.2) is 30.3 Å². The van der Waals surface area contributed by atoms with Crippen LogP contribution in [-0.4, -0.2) is 11.6 Å². The second-order valence-corrected chi connectivity index (χ2v) is 2.34. The first-order chi connectivity index (χ1) is 6.85. The molecule has 4 heteroatoms. The highest BCUT2D eigenvalue weighted by molar-refractivity contribution is 5.32. The average molecular weight is 194 g/mol. The molecule has 0 aliphatic carbocycles. The molecule has 0 aromatic heterocycles. The molecule has 0 saturated heterocycles. The van der Waals surface area contributed by atoms with Gasteiger partial charge in [0.05, 0.1) is 0 Å². The predicted molar refractivity (Wildman–Crippen MR) is 52.6 cm³/mol. The fourth-order valence-corrected chi connectivity index (χ4v) is 0.933. The number of hydrogen-bond acceptors (Lipinski definition) is 3. The summed E-state index contributed by atoms with van der Waals surface area (Å²) in [4.78, 5) is 8.36. The second-order valence-electron chi connectivity index (χ2n) is 2.34. The molecule has 0 saturated carbocycles. The van der Waals surface area contributed by atoms with E-state index in [0.29, 0.717) is 0 Å². The Balaban J connectivity index is 0. The Morgan fingerprint density at radius 3 is 2.07 bits per heavy atom. The Labute approximate surface area is 83.6 Å². The van der Waals surface area contributed by atoms with Crippen LogP contribution < -0.4 is 0 Å². The van der Waals surface area contributed by atoms with Gasteiger partial charge in [-0.15, -0.1) is 0 Å². The van der Waals surface area contributed by atoms with Gasteiger partial charge in [0, 0.05) is 10.8 Å². The van der Waals surface area contributed by atoms with E-state index in [0.717, 1.165) is 0 Å². The van der Waals surface area contributed by atoms with Crippen LogP contribution in [0, 0.1) is 10.8 Å². The number of benzene rings is 1. The number of carboxylic acid groups (broad SMARTS) is 1. The van der Waals surface area contributed by atoms with Crippen LogP contribution in [-0.2, 0) is 11.2 Å². The number of rotatable bonds is 2. The van der Waals surface area contributed by atoms with Crippen molar-refractivity contribution in [1.82, 2.24) is 0 Å². The second kappa shape index (κ2) is 13.7. The molecule has 1 N–H and O–H groups in total. The molecule has 1 rings (SSSR count). The smallest absolute Gasteiger partial charge is 0.290 e. The molecule has 0 heterocycles. The van der Waals surface area contributed by atoms with E-state index in [2.05, 4.69) is 37.3 Å². The summed E-state index contributed by atoms with van der Waals surface area (Å²) < 4.78 is 0. The SMILES string of the molecule is CCCc1ccccc1.N#N.O=CO. The van der Waals surface area contributed by atoms with Crippen molar-refractivity contribution in [3.8, 4) is 0 Å². The standard InChI is InChI=1S/C9H12.CH2O2.N2/c1-2-6-9-7-4-3-5-8-9;2-1-3;1-2/h3-5,7-8H,2,6H2,1H3;1H,(H,2,3);. The van der Waals surface area contributed by atoms with Crippen LogP contribution in [0.25, 0.3) is 0 Å². The van der Waals surface area contributed by atoms with Crippen molar-refractivity contribution in [3.63, 3.8) is 0 Å². The Morgan fingerprint density at radius 2 is 1.71 bits per heavy atom. The number of aryl methyl sites for hydroxylation is 1. The fourth-order valence-electron chi connectivity index (χ4n) is 0.933. The molecule has 0 aliphatic rings. The third-order valence-electron chi connectivity index (χ3n) is 1.38. The van der Waals surface area contributed by atoms with Crippen molar-refractivity contribution in [2.24, 2.45) is 0 Å². The molecular formula is C10H14N2O2. The highest BCUT2D eigenvalue weighted by Gasteiger charge is 1.84. The molecule has 14 heavy (non-hydrogen) atoms. The largest absolute Gasteiger partial charge is 0.483 e. The zero-order valence-electron chi connectivity index (χ0n) is 8.13. The molecule has 0 atom stereocenters. The molecule has 1 aromatic carbocycles. The van der Waals surface area contributed by atoms with Crippen molar-refractivity contribution < 1.29 is 9.90 Å². The first kappa shape index (κ1) is 14.6. The summed E-state index contributed by atoms with van der Waals surface area (Å²) in [7, 11) is 0. The zero-order valence-corrected chi connectivity index (χ0v) is 8.13. The van der Waals surface area contributed by atoms with Crippen molar-refractivity contribution in [2.75, 3.05) is 0 Å². The highest BCUT2D eigenvalue weighted by atomic mass is 16.3. The minimum Gasteiger partial charge on any atom is -0.483 e. The molecule has 0 radical (unpaired) electrons.